The Labute approximate surface area is 204 Å². The van der Waals surface area contributed by atoms with E-state index in [1.54, 1.807) is 64.1 Å². The molecule has 0 aliphatic rings. The van der Waals surface area contributed by atoms with E-state index in [-0.39, 0.29) is 23.5 Å². The van der Waals surface area contributed by atoms with Crippen LogP contribution in [0.15, 0.2) is 60.2 Å². The summed E-state index contributed by atoms with van der Waals surface area (Å²) >= 11 is 0. The quantitative estimate of drug-likeness (QED) is 0.0982. The van der Waals surface area contributed by atoms with Crippen LogP contribution in [0, 0.1) is 21.4 Å². The highest BCUT2D eigenvalue weighted by molar-refractivity contribution is 7.51. The molecular weight excluding hydrogens is 473 g/mol. The van der Waals surface area contributed by atoms with Crippen LogP contribution in [0.4, 0.5) is 5.69 Å². The first kappa shape index (κ1) is 27.7. The first-order valence-corrected chi connectivity index (χ1v) is 12.3. The molecule has 0 unspecified atom stereocenters. The highest BCUT2D eigenvalue weighted by atomic mass is 31.2. The summed E-state index contributed by atoms with van der Waals surface area (Å²) in [5.74, 6) is -1.01. The molecule has 0 heterocycles. The van der Waals surface area contributed by atoms with E-state index in [0.29, 0.717) is 5.56 Å². The van der Waals surface area contributed by atoms with Crippen molar-refractivity contribution in [2.75, 3.05) is 7.11 Å². The molecule has 2 rings (SSSR count). The number of non-ortho nitro benzene ring substituents is 1. The molecule has 0 saturated heterocycles. The number of hydrogen-bond acceptors (Lipinski definition) is 8. The Morgan fingerprint density at radius 1 is 1.09 bits per heavy atom. The lowest BCUT2D eigenvalue weighted by atomic mass is 10.1. The van der Waals surface area contributed by atoms with Crippen molar-refractivity contribution in [3.8, 4) is 6.07 Å². The molecule has 11 heteroatoms. The van der Waals surface area contributed by atoms with Crippen LogP contribution < -0.4 is 0 Å². The summed E-state index contributed by atoms with van der Waals surface area (Å²) in [6, 6.07) is 16.0. The SMILES string of the molecule is COC(=O)C(C#N)=C(c1cccc([N+](=O)[O-])c1)N(Cc1ccccc1)P(=O)(OC(C)C)OC(C)C. The number of nitro groups is 1. The van der Waals surface area contributed by atoms with Gasteiger partial charge in [0, 0.05) is 17.7 Å². The first-order chi connectivity index (χ1) is 16.5. The van der Waals surface area contributed by atoms with Crippen LogP contribution >= 0.6 is 7.75 Å². The van der Waals surface area contributed by atoms with Gasteiger partial charge < -0.3 is 4.74 Å². The summed E-state index contributed by atoms with van der Waals surface area (Å²) in [5, 5.41) is 21.4. The lowest BCUT2D eigenvalue weighted by Crippen LogP contribution is -2.27. The number of nitriles is 1. The molecule has 10 nitrogen and oxygen atoms in total. The summed E-state index contributed by atoms with van der Waals surface area (Å²) in [4.78, 5) is 23.5. The van der Waals surface area contributed by atoms with Crippen molar-refractivity contribution in [1.29, 1.82) is 5.26 Å². The fourth-order valence-corrected chi connectivity index (χ4v) is 5.34. The van der Waals surface area contributed by atoms with Crippen LogP contribution in [-0.4, -0.2) is 34.9 Å². The zero-order chi connectivity index (χ0) is 26.2. The largest absolute Gasteiger partial charge is 0.465 e. The van der Waals surface area contributed by atoms with E-state index in [4.69, 9.17) is 13.8 Å². The number of nitrogens with zero attached hydrogens (tertiary/aromatic N) is 3. The topological polar surface area (TPSA) is 132 Å². The number of carbonyl (C=O) groups excluding carboxylic acids is 1. The van der Waals surface area contributed by atoms with E-state index in [2.05, 4.69) is 0 Å². The molecule has 0 fully saturated rings. The van der Waals surface area contributed by atoms with Gasteiger partial charge in [0.15, 0.2) is 5.57 Å². The van der Waals surface area contributed by atoms with E-state index in [1.807, 2.05) is 0 Å². The second-order valence-electron chi connectivity index (χ2n) is 7.95. The lowest BCUT2D eigenvalue weighted by Gasteiger charge is -2.36. The maximum absolute atomic E-state index is 14.4. The summed E-state index contributed by atoms with van der Waals surface area (Å²) in [6.07, 6.45) is -1.12. The molecule has 0 radical (unpaired) electrons. The third-order valence-corrected chi connectivity index (χ3v) is 6.79. The Bertz CT molecular complexity index is 1160. The standard InChI is InChI=1S/C24H28N3O7P/c1-17(2)33-35(31,34-18(3)4)26(16-19-10-7-6-8-11-19)23(22(15-25)24(28)32-5)20-12-9-13-21(14-20)27(29)30/h6-14,17-18H,16H2,1-5H3. The molecule has 0 spiro atoms. The molecule has 0 saturated carbocycles. The molecular formula is C24H28N3O7P. The predicted molar refractivity (Wildman–Crippen MR) is 130 cm³/mol. The first-order valence-electron chi connectivity index (χ1n) is 10.8. The van der Waals surface area contributed by atoms with Crippen molar-refractivity contribution < 1.29 is 28.1 Å². The molecule has 0 amide bonds. The van der Waals surface area contributed by atoms with Crippen molar-refractivity contribution >= 4 is 25.1 Å². The summed E-state index contributed by atoms with van der Waals surface area (Å²) in [6.45, 7) is 6.56. The summed E-state index contributed by atoms with van der Waals surface area (Å²) < 4.78 is 32.0. The van der Waals surface area contributed by atoms with Crippen molar-refractivity contribution in [1.82, 2.24) is 4.67 Å². The van der Waals surface area contributed by atoms with Crippen LogP contribution in [0.25, 0.3) is 5.70 Å². The van der Waals surface area contributed by atoms with E-state index >= 15 is 0 Å². The van der Waals surface area contributed by atoms with Crippen molar-refractivity contribution in [2.45, 2.75) is 46.4 Å². The number of ether oxygens (including phenoxy) is 1. The van der Waals surface area contributed by atoms with Crippen LogP contribution in [0.1, 0.15) is 38.8 Å². The molecule has 0 aromatic heterocycles. The Morgan fingerprint density at radius 2 is 1.69 bits per heavy atom. The normalized spacial score (nSPS) is 12.2. The van der Waals surface area contributed by atoms with Gasteiger partial charge in [0.1, 0.15) is 6.07 Å². The number of methoxy groups -OCH3 is 1. The van der Waals surface area contributed by atoms with Gasteiger partial charge in [-0.15, -0.1) is 0 Å². The van der Waals surface area contributed by atoms with Crippen LogP contribution in [0.3, 0.4) is 0 Å². The van der Waals surface area contributed by atoms with Gasteiger partial charge in [-0.05, 0) is 33.3 Å². The van der Waals surface area contributed by atoms with Gasteiger partial charge in [0.05, 0.1) is 36.5 Å². The minimum atomic E-state index is -4.24. The molecule has 186 valence electrons. The van der Waals surface area contributed by atoms with Gasteiger partial charge in [-0.3, -0.25) is 23.8 Å². The smallest absolute Gasteiger partial charge is 0.436 e. The van der Waals surface area contributed by atoms with Crippen molar-refractivity contribution in [2.24, 2.45) is 0 Å². The van der Waals surface area contributed by atoms with Gasteiger partial charge in [0.25, 0.3) is 5.69 Å². The number of nitro benzene ring substituents is 1. The van der Waals surface area contributed by atoms with Gasteiger partial charge in [0.2, 0.25) is 0 Å². The molecule has 0 bridgehead atoms. The Kier molecular flexibility index (Phi) is 9.72. The summed E-state index contributed by atoms with van der Waals surface area (Å²) in [5.41, 5.74) is -0.207. The minimum Gasteiger partial charge on any atom is -0.465 e. The lowest BCUT2D eigenvalue weighted by molar-refractivity contribution is -0.384. The summed E-state index contributed by atoms with van der Waals surface area (Å²) in [7, 11) is -3.14. The maximum Gasteiger partial charge on any atom is 0.436 e. The second kappa shape index (κ2) is 12.3. The third kappa shape index (κ3) is 7.23. The van der Waals surface area contributed by atoms with Crippen LogP contribution in [-0.2, 0) is 29.7 Å². The van der Waals surface area contributed by atoms with Crippen LogP contribution in [0.5, 0.6) is 0 Å². The molecule has 0 atom stereocenters. The van der Waals surface area contributed by atoms with Crippen molar-refractivity contribution in [3.05, 3.63) is 81.4 Å². The number of carbonyl (C=O) groups is 1. The second-order valence-corrected chi connectivity index (χ2v) is 9.80. The molecule has 0 aliphatic carbocycles. The number of hydrogen-bond donors (Lipinski definition) is 0. The third-order valence-electron chi connectivity index (χ3n) is 4.49. The van der Waals surface area contributed by atoms with Crippen LogP contribution in [0.2, 0.25) is 0 Å². The zero-order valence-corrected chi connectivity index (χ0v) is 21.1. The maximum atomic E-state index is 14.4. The average molecular weight is 501 g/mol. The Morgan fingerprint density at radius 3 is 2.17 bits per heavy atom. The number of rotatable bonds is 11. The Balaban J connectivity index is 2.95. The average Bonchev–Trinajstić information content (AvgIpc) is 2.80. The van der Waals surface area contributed by atoms with Crippen molar-refractivity contribution in [3.63, 3.8) is 0 Å². The highest BCUT2D eigenvalue weighted by Crippen LogP contribution is 2.58. The van der Waals surface area contributed by atoms with E-state index in [1.165, 1.54) is 28.9 Å². The van der Waals surface area contributed by atoms with E-state index < -0.39 is 36.4 Å². The highest BCUT2D eigenvalue weighted by Gasteiger charge is 2.40. The number of benzene rings is 2. The molecule has 0 aliphatic heterocycles. The van der Waals surface area contributed by atoms with E-state index in [9.17, 15) is 24.7 Å². The van der Waals surface area contributed by atoms with Gasteiger partial charge in [-0.25, -0.2) is 9.36 Å². The zero-order valence-electron chi connectivity index (χ0n) is 20.2. The monoisotopic (exact) mass is 501 g/mol. The minimum absolute atomic E-state index is 0.0945. The molecule has 0 N–H and O–H groups in total. The predicted octanol–water partition coefficient (Wildman–Crippen LogP) is 5.46. The Hall–Kier alpha value is -3.51. The van der Waals surface area contributed by atoms with Gasteiger partial charge >= 0.3 is 13.7 Å². The number of esters is 1. The fraction of sp³-hybridized carbons (Fsp3) is 0.333. The molecule has 35 heavy (non-hydrogen) atoms. The molecule has 2 aromatic carbocycles. The molecule has 2 aromatic rings. The van der Waals surface area contributed by atoms with Gasteiger partial charge in [-0.2, -0.15) is 5.26 Å². The van der Waals surface area contributed by atoms with E-state index in [0.717, 1.165) is 7.11 Å². The van der Waals surface area contributed by atoms with Gasteiger partial charge in [-0.1, -0.05) is 42.5 Å². The fourth-order valence-electron chi connectivity index (χ4n) is 3.20.